The van der Waals surface area contributed by atoms with E-state index in [4.69, 9.17) is 5.21 Å². The first kappa shape index (κ1) is 8.44. The average molecular weight is 195 g/mol. The number of oxime groups is 1. The molecular weight excluding hydrogens is 186 g/mol. The van der Waals surface area contributed by atoms with E-state index in [9.17, 15) is 4.21 Å². The summed E-state index contributed by atoms with van der Waals surface area (Å²) in [6.07, 6.45) is 0.583. The lowest BCUT2D eigenvalue weighted by atomic mass is 10.1. The summed E-state index contributed by atoms with van der Waals surface area (Å²) in [4.78, 5) is 0.779. The maximum absolute atomic E-state index is 11.5. The monoisotopic (exact) mass is 195 g/mol. The standard InChI is InChI=1S/C9H9NO2S/c11-10-8-5-6-13(12)9-4-2-1-3-7(8)9/h1-4,11H,5-6H2/b10-8-/t13-/m0/s1. The SMILES string of the molecule is O=[S@]1CC/C(=N/O)c2ccccc21. The molecule has 1 atom stereocenters. The van der Waals surface area contributed by atoms with Crippen LogP contribution >= 0.6 is 0 Å². The molecule has 0 saturated heterocycles. The maximum Gasteiger partial charge on any atom is 0.0889 e. The molecule has 1 N–H and O–H groups in total. The van der Waals surface area contributed by atoms with E-state index in [0.29, 0.717) is 17.9 Å². The number of hydrogen-bond donors (Lipinski definition) is 1. The van der Waals surface area contributed by atoms with Crippen molar-refractivity contribution in [1.82, 2.24) is 0 Å². The third-order valence-corrected chi connectivity index (χ3v) is 3.51. The van der Waals surface area contributed by atoms with Crippen molar-refractivity contribution in [3.63, 3.8) is 0 Å². The van der Waals surface area contributed by atoms with Crippen molar-refractivity contribution in [1.29, 1.82) is 0 Å². The van der Waals surface area contributed by atoms with Crippen molar-refractivity contribution in [3.05, 3.63) is 29.8 Å². The van der Waals surface area contributed by atoms with Crippen LogP contribution in [0.15, 0.2) is 34.3 Å². The molecule has 0 saturated carbocycles. The second-order valence-electron chi connectivity index (χ2n) is 2.84. The van der Waals surface area contributed by atoms with Gasteiger partial charge in [0, 0.05) is 22.6 Å². The highest BCUT2D eigenvalue weighted by Crippen LogP contribution is 2.21. The van der Waals surface area contributed by atoms with Crippen molar-refractivity contribution in [2.24, 2.45) is 5.16 Å². The first-order valence-electron chi connectivity index (χ1n) is 4.01. The predicted octanol–water partition coefficient (Wildman–Crippen LogP) is 1.38. The highest BCUT2D eigenvalue weighted by atomic mass is 32.2. The van der Waals surface area contributed by atoms with Crippen LogP contribution in [0, 0.1) is 0 Å². The molecule has 13 heavy (non-hydrogen) atoms. The Bertz CT molecular complexity index is 387. The third kappa shape index (κ3) is 1.37. The van der Waals surface area contributed by atoms with E-state index in [-0.39, 0.29) is 0 Å². The van der Waals surface area contributed by atoms with Gasteiger partial charge in [-0.25, -0.2) is 0 Å². The van der Waals surface area contributed by atoms with E-state index in [1.54, 1.807) is 0 Å². The first-order valence-corrected chi connectivity index (χ1v) is 5.33. The molecular formula is C9H9NO2S. The molecule has 4 heteroatoms. The van der Waals surface area contributed by atoms with Gasteiger partial charge in [-0.1, -0.05) is 23.4 Å². The summed E-state index contributed by atoms with van der Waals surface area (Å²) in [6.45, 7) is 0. The van der Waals surface area contributed by atoms with E-state index in [1.165, 1.54) is 0 Å². The summed E-state index contributed by atoms with van der Waals surface area (Å²) in [5.41, 5.74) is 1.45. The number of nitrogens with zero attached hydrogens (tertiary/aromatic N) is 1. The number of rotatable bonds is 0. The Hall–Kier alpha value is -1.16. The Labute approximate surface area is 78.5 Å². The molecule has 1 aromatic rings. The minimum atomic E-state index is -0.929. The Morgan fingerprint density at radius 2 is 2.15 bits per heavy atom. The van der Waals surface area contributed by atoms with Gasteiger partial charge in [0.15, 0.2) is 0 Å². The van der Waals surface area contributed by atoms with E-state index < -0.39 is 10.8 Å². The molecule has 68 valence electrons. The lowest BCUT2D eigenvalue weighted by Crippen LogP contribution is -2.17. The lowest BCUT2D eigenvalue weighted by Gasteiger charge is -2.15. The van der Waals surface area contributed by atoms with Crippen molar-refractivity contribution in [2.45, 2.75) is 11.3 Å². The molecule has 0 amide bonds. The van der Waals surface area contributed by atoms with Crippen LogP contribution in [0.3, 0.4) is 0 Å². The van der Waals surface area contributed by atoms with Gasteiger partial charge in [0.2, 0.25) is 0 Å². The van der Waals surface area contributed by atoms with Gasteiger partial charge in [0.1, 0.15) is 0 Å². The third-order valence-electron chi connectivity index (χ3n) is 2.09. The van der Waals surface area contributed by atoms with Crippen molar-refractivity contribution < 1.29 is 9.42 Å². The van der Waals surface area contributed by atoms with Gasteiger partial charge < -0.3 is 5.21 Å². The molecule has 0 fully saturated rings. The Morgan fingerprint density at radius 3 is 2.92 bits per heavy atom. The van der Waals surface area contributed by atoms with Gasteiger partial charge in [-0.05, 0) is 6.07 Å². The summed E-state index contributed by atoms with van der Waals surface area (Å²) in [6, 6.07) is 7.35. The van der Waals surface area contributed by atoms with Crippen LogP contribution in [0.1, 0.15) is 12.0 Å². The van der Waals surface area contributed by atoms with Gasteiger partial charge in [0.25, 0.3) is 0 Å². The van der Waals surface area contributed by atoms with Crippen molar-refractivity contribution >= 4 is 16.5 Å². The zero-order chi connectivity index (χ0) is 9.26. The van der Waals surface area contributed by atoms with E-state index in [2.05, 4.69) is 5.16 Å². The number of fused-ring (bicyclic) bond motifs is 1. The molecule has 0 aromatic heterocycles. The van der Waals surface area contributed by atoms with Gasteiger partial charge >= 0.3 is 0 Å². The zero-order valence-corrected chi connectivity index (χ0v) is 7.75. The minimum Gasteiger partial charge on any atom is -0.411 e. The largest absolute Gasteiger partial charge is 0.411 e. The minimum absolute atomic E-state index is 0.552. The summed E-state index contributed by atoms with van der Waals surface area (Å²) in [7, 11) is -0.929. The number of hydrogen-bond acceptors (Lipinski definition) is 3. The molecule has 1 aliphatic heterocycles. The molecule has 1 heterocycles. The van der Waals surface area contributed by atoms with Crippen LogP contribution in [0.25, 0.3) is 0 Å². The highest BCUT2D eigenvalue weighted by molar-refractivity contribution is 7.85. The molecule has 1 aliphatic rings. The van der Waals surface area contributed by atoms with E-state index >= 15 is 0 Å². The van der Waals surface area contributed by atoms with Crippen LogP contribution < -0.4 is 0 Å². The number of benzene rings is 1. The Morgan fingerprint density at radius 1 is 1.38 bits per heavy atom. The van der Waals surface area contributed by atoms with Gasteiger partial charge in [-0.2, -0.15) is 0 Å². The average Bonchev–Trinajstić information content (AvgIpc) is 2.19. The fraction of sp³-hybridized carbons (Fsp3) is 0.222. The zero-order valence-electron chi connectivity index (χ0n) is 6.93. The molecule has 1 aromatic carbocycles. The summed E-state index contributed by atoms with van der Waals surface area (Å²) in [5.74, 6) is 0.552. The van der Waals surface area contributed by atoms with Crippen LogP contribution in [-0.4, -0.2) is 20.9 Å². The van der Waals surface area contributed by atoms with Gasteiger partial charge in [0.05, 0.1) is 16.5 Å². The fourth-order valence-electron chi connectivity index (χ4n) is 1.44. The summed E-state index contributed by atoms with van der Waals surface area (Å²) >= 11 is 0. The fourth-order valence-corrected chi connectivity index (χ4v) is 2.70. The molecule has 0 bridgehead atoms. The quantitative estimate of drug-likeness (QED) is 0.502. The van der Waals surface area contributed by atoms with Crippen molar-refractivity contribution in [2.75, 3.05) is 5.75 Å². The Kier molecular flexibility index (Phi) is 2.14. The van der Waals surface area contributed by atoms with Crippen LogP contribution in [0.4, 0.5) is 0 Å². The first-order chi connectivity index (χ1) is 6.33. The van der Waals surface area contributed by atoms with Crippen molar-refractivity contribution in [3.8, 4) is 0 Å². The topological polar surface area (TPSA) is 49.7 Å². The second kappa shape index (κ2) is 3.30. The molecule has 0 aliphatic carbocycles. The maximum atomic E-state index is 11.5. The molecule has 0 radical (unpaired) electrons. The molecule has 2 rings (SSSR count). The normalized spacial score (nSPS) is 24.3. The van der Waals surface area contributed by atoms with E-state index in [1.807, 2.05) is 24.3 Å². The molecule has 3 nitrogen and oxygen atoms in total. The summed E-state index contributed by atoms with van der Waals surface area (Å²) in [5, 5.41) is 11.9. The van der Waals surface area contributed by atoms with Crippen LogP contribution in [-0.2, 0) is 10.8 Å². The highest BCUT2D eigenvalue weighted by Gasteiger charge is 2.20. The summed E-state index contributed by atoms with van der Waals surface area (Å²) < 4.78 is 11.5. The second-order valence-corrected chi connectivity index (χ2v) is 4.38. The lowest BCUT2D eigenvalue weighted by molar-refractivity contribution is 0.318. The molecule has 0 unspecified atom stereocenters. The van der Waals surface area contributed by atoms with Crippen LogP contribution in [0.2, 0.25) is 0 Å². The van der Waals surface area contributed by atoms with Crippen LogP contribution in [0.5, 0.6) is 0 Å². The van der Waals surface area contributed by atoms with E-state index in [0.717, 1.165) is 10.5 Å². The Balaban J connectivity index is 2.61. The van der Waals surface area contributed by atoms with Gasteiger partial charge in [-0.15, -0.1) is 0 Å². The predicted molar refractivity (Wildman–Crippen MR) is 50.7 cm³/mol. The van der Waals surface area contributed by atoms with Gasteiger partial charge in [-0.3, -0.25) is 4.21 Å². The molecule has 0 spiro atoms. The smallest absolute Gasteiger partial charge is 0.0889 e.